The molecule has 0 aliphatic heterocycles. The summed E-state index contributed by atoms with van der Waals surface area (Å²) in [6.45, 7) is 4.60. The Morgan fingerprint density at radius 2 is 1.04 bits per heavy atom. The molecule has 1 N–H and O–H groups in total. The molecule has 0 bridgehead atoms. The third-order valence-electron chi connectivity index (χ3n) is 5.43. The minimum absolute atomic E-state index is 0.583. The number of anilines is 1. The lowest BCUT2D eigenvalue weighted by Crippen LogP contribution is -2.14. The summed E-state index contributed by atoms with van der Waals surface area (Å²) < 4.78 is 0. The van der Waals surface area contributed by atoms with Crippen molar-refractivity contribution in [2.45, 2.75) is 123 Å². The van der Waals surface area contributed by atoms with Crippen LogP contribution in [0, 0.1) is 0 Å². The molecule has 1 unspecified atom stereocenters. The lowest BCUT2D eigenvalue weighted by Gasteiger charge is -2.15. The predicted molar refractivity (Wildman–Crippen MR) is 119 cm³/mol. The van der Waals surface area contributed by atoms with E-state index in [4.69, 9.17) is 0 Å². The van der Waals surface area contributed by atoms with Crippen molar-refractivity contribution in [2.75, 3.05) is 5.32 Å². The molecule has 0 heterocycles. The van der Waals surface area contributed by atoms with Gasteiger partial charge in [-0.2, -0.15) is 0 Å². The average molecular weight is 360 g/mol. The molecular weight excluding hydrogens is 314 g/mol. The SMILES string of the molecule is CCCCCCCCCCCCCCCCCC(C)Nc1ccccc1. The third kappa shape index (κ3) is 14.2. The first-order valence-electron chi connectivity index (χ1n) is 11.6. The quantitative estimate of drug-likeness (QED) is 0.258. The Labute approximate surface area is 164 Å². The van der Waals surface area contributed by atoms with Crippen LogP contribution in [0.3, 0.4) is 0 Å². The molecule has 0 radical (unpaired) electrons. The van der Waals surface area contributed by atoms with Gasteiger partial charge in [0.1, 0.15) is 0 Å². The van der Waals surface area contributed by atoms with Crippen LogP contribution in [0.4, 0.5) is 5.69 Å². The van der Waals surface area contributed by atoms with Crippen LogP contribution in [0.15, 0.2) is 30.3 Å². The van der Waals surface area contributed by atoms with Crippen molar-refractivity contribution in [3.8, 4) is 0 Å². The number of para-hydroxylation sites is 1. The highest BCUT2D eigenvalue weighted by atomic mass is 14.9. The average Bonchev–Trinajstić information content (AvgIpc) is 2.65. The zero-order chi connectivity index (χ0) is 18.7. The van der Waals surface area contributed by atoms with E-state index in [1.807, 2.05) is 0 Å². The second-order valence-electron chi connectivity index (χ2n) is 8.15. The van der Waals surface area contributed by atoms with Crippen molar-refractivity contribution in [2.24, 2.45) is 0 Å². The smallest absolute Gasteiger partial charge is 0.0342 e. The topological polar surface area (TPSA) is 12.0 Å². The van der Waals surface area contributed by atoms with Gasteiger partial charge in [0.15, 0.2) is 0 Å². The summed E-state index contributed by atoms with van der Waals surface area (Å²) >= 11 is 0. The molecule has 26 heavy (non-hydrogen) atoms. The molecule has 0 amide bonds. The van der Waals surface area contributed by atoms with Crippen LogP contribution < -0.4 is 5.32 Å². The Hall–Kier alpha value is -0.980. The van der Waals surface area contributed by atoms with Gasteiger partial charge in [0.05, 0.1) is 0 Å². The number of benzene rings is 1. The first-order chi connectivity index (χ1) is 12.8. The largest absolute Gasteiger partial charge is 0.383 e. The summed E-state index contributed by atoms with van der Waals surface area (Å²) in [4.78, 5) is 0. The summed E-state index contributed by atoms with van der Waals surface area (Å²) in [6, 6.07) is 11.2. The van der Waals surface area contributed by atoms with E-state index >= 15 is 0 Å². The lowest BCUT2D eigenvalue weighted by molar-refractivity contribution is 0.525. The summed E-state index contributed by atoms with van der Waals surface area (Å²) in [7, 11) is 0. The van der Waals surface area contributed by atoms with Gasteiger partial charge in [-0.25, -0.2) is 0 Å². The molecule has 1 rings (SSSR count). The maximum Gasteiger partial charge on any atom is 0.0342 e. The molecule has 0 aliphatic carbocycles. The molecule has 0 saturated carbocycles. The Balaban J connectivity index is 1.77. The number of rotatable bonds is 18. The molecule has 1 aromatic rings. The van der Waals surface area contributed by atoms with Gasteiger partial charge in [-0.15, -0.1) is 0 Å². The van der Waals surface area contributed by atoms with E-state index in [9.17, 15) is 0 Å². The van der Waals surface area contributed by atoms with Crippen molar-refractivity contribution in [1.82, 2.24) is 0 Å². The first-order valence-corrected chi connectivity index (χ1v) is 11.6. The standard InChI is InChI=1S/C25H45N/c1-3-4-5-6-7-8-9-10-11-12-13-14-15-16-18-21-24(2)26-25-22-19-17-20-23-25/h17,19-20,22-24,26H,3-16,18,21H2,1-2H3. The fraction of sp³-hybridized carbons (Fsp3) is 0.760. The number of unbranched alkanes of at least 4 members (excludes halogenated alkanes) is 14. The van der Waals surface area contributed by atoms with Gasteiger partial charge in [-0.05, 0) is 25.5 Å². The fourth-order valence-corrected chi connectivity index (χ4v) is 3.71. The molecule has 0 aromatic heterocycles. The molecular formula is C25H45N. The van der Waals surface area contributed by atoms with Crippen LogP contribution in [0.2, 0.25) is 0 Å². The normalized spacial score (nSPS) is 12.2. The van der Waals surface area contributed by atoms with Crippen LogP contribution in [-0.2, 0) is 0 Å². The maximum absolute atomic E-state index is 3.59. The van der Waals surface area contributed by atoms with Crippen LogP contribution in [0.1, 0.15) is 117 Å². The van der Waals surface area contributed by atoms with Crippen LogP contribution in [-0.4, -0.2) is 6.04 Å². The zero-order valence-corrected chi connectivity index (χ0v) is 17.8. The number of hydrogen-bond acceptors (Lipinski definition) is 1. The van der Waals surface area contributed by atoms with E-state index in [-0.39, 0.29) is 0 Å². The third-order valence-corrected chi connectivity index (χ3v) is 5.43. The van der Waals surface area contributed by atoms with Gasteiger partial charge in [0.25, 0.3) is 0 Å². The van der Waals surface area contributed by atoms with Gasteiger partial charge >= 0.3 is 0 Å². The summed E-state index contributed by atoms with van der Waals surface area (Å²) in [5.74, 6) is 0. The van der Waals surface area contributed by atoms with E-state index in [2.05, 4.69) is 49.5 Å². The molecule has 1 aromatic carbocycles. The Morgan fingerprint density at radius 1 is 0.615 bits per heavy atom. The highest BCUT2D eigenvalue weighted by Gasteiger charge is 2.01. The minimum Gasteiger partial charge on any atom is -0.383 e. The molecule has 1 nitrogen and oxygen atoms in total. The number of nitrogens with one attached hydrogen (secondary N) is 1. The fourth-order valence-electron chi connectivity index (χ4n) is 3.71. The molecule has 1 heteroatoms. The van der Waals surface area contributed by atoms with E-state index in [1.165, 1.54) is 108 Å². The predicted octanol–water partition coefficient (Wildman–Crippen LogP) is 8.75. The van der Waals surface area contributed by atoms with Gasteiger partial charge < -0.3 is 5.32 Å². The van der Waals surface area contributed by atoms with Gasteiger partial charge in [-0.1, -0.05) is 121 Å². The highest BCUT2D eigenvalue weighted by molar-refractivity contribution is 5.43. The van der Waals surface area contributed by atoms with Crippen molar-refractivity contribution in [1.29, 1.82) is 0 Å². The Kier molecular flexibility index (Phi) is 15.5. The highest BCUT2D eigenvalue weighted by Crippen LogP contribution is 2.15. The molecule has 0 aliphatic rings. The second-order valence-corrected chi connectivity index (χ2v) is 8.15. The second kappa shape index (κ2) is 17.4. The first kappa shape index (κ1) is 23.1. The maximum atomic E-state index is 3.59. The Bertz CT molecular complexity index is 386. The monoisotopic (exact) mass is 359 g/mol. The minimum atomic E-state index is 0.583. The van der Waals surface area contributed by atoms with Crippen LogP contribution >= 0.6 is 0 Å². The van der Waals surface area contributed by atoms with Crippen molar-refractivity contribution < 1.29 is 0 Å². The van der Waals surface area contributed by atoms with Crippen molar-refractivity contribution >= 4 is 5.69 Å². The van der Waals surface area contributed by atoms with Crippen molar-refractivity contribution in [3.63, 3.8) is 0 Å². The molecule has 1 atom stereocenters. The molecule has 150 valence electrons. The summed E-state index contributed by atoms with van der Waals surface area (Å²) in [5.41, 5.74) is 1.25. The van der Waals surface area contributed by atoms with Gasteiger partial charge in [-0.3, -0.25) is 0 Å². The lowest BCUT2D eigenvalue weighted by atomic mass is 10.0. The molecule has 0 fully saturated rings. The van der Waals surface area contributed by atoms with E-state index in [1.54, 1.807) is 0 Å². The molecule has 0 spiro atoms. The van der Waals surface area contributed by atoms with E-state index in [0.29, 0.717) is 6.04 Å². The molecule has 0 saturated heterocycles. The summed E-state index contributed by atoms with van der Waals surface area (Å²) in [6.07, 6.45) is 22.9. The van der Waals surface area contributed by atoms with Gasteiger partial charge in [0.2, 0.25) is 0 Å². The van der Waals surface area contributed by atoms with Crippen LogP contribution in [0.5, 0.6) is 0 Å². The summed E-state index contributed by atoms with van der Waals surface area (Å²) in [5, 5.41) is 3.59. The van der Waals surface area contributed by atoms with Gasteiger partial charge in [0, 0.05) is 11.7 Å². The van der Waals surface area contributed by atoms with E-state index < -0.39 is 0 Å². The zero-order valence-electron chi connectivity index (χ0n) is 17.8. The number of hydrogen-bond donors (Lipinski definition) is 1. The Morgan fingerprint density at radius 3 is 1.50 bits per heavy atom. The van der Waals surface area contributed by atoms with Crippen molar-refractivity contribution in [3.05, 3.63) is 30.3 Å². The van der Waals surface area contributed by atoms with E-state index in [0.717, 1.165) is 0 Å². The van der Waals surface area contributed by atoms with Crippen LogP contribution in [0.25, 0.3) is 0 Å².